The summed E-state index contributed by atoms with van der Waals surface area (Å²) >= 11 is 3.17. The number of piperidine rings is 1. The number of sulfonamides is 1. The molecule has 0 radical (unpaired) electrons. The van der Waals surface area contributed by atoms with Crippen LogP contribution in [0.2, 0.25) is 0 Å². The first kappa shape index (κ1) is 13.9. The maximum atomic E-state index is 13.0. The molecule has 7 heteroatoms. The summed E-state index contributed by atoms with van der Waals surface area (Å²) in [5.74, 6) is -2.75. The van der Waals surface area contributed by atoms with Gasteiger partial charge in [0.1, 0.15) is 0 Å². The first-order valence-corrected chi connectivity index (χ1v) is 7.69. The van der Waals surface area contributed by atoms with Crippen LogP contribution in [0.1, 0.15) is 12.8 Å². The van der Waals surface area contributed by atoms with E-state index in [4.69, 9.17) is 0 Å². The van der Waals surface area contributed by atoms with Crippen molar-refractivity contribution in [2.45, 2.75) is 23.7 Å². The molecule has 0 bridgehead atoms. The van der Waals surface area contributed by atoms with Gasteiger partial charge in [0.15, 0.2) is 0 Å². The standard InChI is InChI=1S/C11H12BrF2NO2S/c12-9-3-1-2-4-10(9)18(16,17)15-7-5-11(13,14)6-8-15/h1-4H,5-8H2. The Labute approximate surface area is 113 Å². The molecular weight excluding hydrogens is 328 g/mol. The Balaban J connectivity index is 2.26. The van der Waals surface area contributed by atoms with Crippen LogP contribution in [0.5, 0.6) is 0 Å². The molecule has 0 atom stereocenters. The van der Waals surface area contributed by atoms with E-state index in [0.717, 1.165) is 4.31 Å². The minimum absolute atomic E-state index is 0.121. The van der Waals surface area contributed by atoms with Crippen molar-refractivity contribution < 1.29 is 17.2 Å². The largest absolute Gasteiger partial charge is 0.250 e. The normalized spacial score (nSPS) is 20.8. The van der Waals surface area contributed by atoms with E-state index in [1.807, 2.05) is 0 Å². The summed E-state index contributed by atoms with van der Waals surface area (Å²) in [5.41, 5.74) is 0. The van der Waals surface area contributed by atoms with Crippen LogP contribution < -0.4 is 0 Å². The van der Waals surface area contributed by atoms with Crippen LogP contribution in [0.4, 0.5) is 8.78 Å². The summed E-state index contributed by atoms with van der Waals surface area (Å²) in [6.07, 6.45) is -0.840. The third kappa shape index (κ3) is 2.73. The van der Waals surface area contributed by atoms with Crippen molar-refractivity contribution in [3.05, 3.63) is 28.7 Å². The van der Waals surface area contributed by atoms with Crippen molar-refractivity contribution in [3.63, 3.8) is 0 Å². The summed E-state index contributed by atoms with van der Waals surface area (Å²) in [5, 5.41) is 0. The lowest BCUT2D eigenvalue weighted by molar-refractivity contribution is -0.0412. The third-order valence-electron chi connectivity index (χ3n) is 2.91. The van der Waals surface area contributed by atoms with Gasteiger partial charge in [-0.05, 0) is 28.1 Å². The van der Waals surface area contributed by atoms with Gasteiger partial charge in [-0.3, -0.25) is 0 Å². The first-order valence-electron chi connectivity index (χ1n) is 5.45. The SMILES string of the molecule is O=S(=O)(c1ccccc1Br)N1CCC(F)(F)CC1. The van der Waals surface area contributed by atoms with Gasteiger partial charge in [-0.15, -0.1) is 0 Å². The van der Waals surface area contributed by atoms with E-state index >= 15 is 0 Å². The predicted octanol–water partition coefficient (Wildman–Crippen LogP) is 2.87. The Morgan fingerprint density at radius 1 is 1.17 bits per heavy atom. The number of nitrogens with zero attached hydrogens (tertiary/aromatic N) is 1. The van der Waals surface area contributed by atoms with Crippen LogP contribution >= 0.6 is 15.9 Å². The molecule has 1 aliphatic rings. The molecule has 1 heterocycles. The highest BCUT2D eigenvalue weighted by molar-refractivity contribution is 9.10. The molecule has 1 fully saturated rings. The van der Waals surface area contributed by atoms with Crippen LogP contribution in [0.15, 0.2) is 33.6 Å². The summed E-state index contributed by atoms with van der Waals surface area (Å²) in [6, 6.07) is 6.39. The lowest BCUT2D eigenvalue weighted by Gasteiger charge is -2.31. The average molecular weight is 340 g/mol. The van der Waals surface area contributed by atoms with E-state index in [9.17, 15) is 17.2 Å². The fourth-order valence-corrected chi connectivity index (χ4v) is 4.25. The Morgan fingerprint density at radius 2 is 1.72 bits per heavy atom. The second-order valence-corrected chi connectivity index (χ2v) is 6.95. The van der Waals surface area contributed by atoms with Crippen LogP contribution in [0.25, 0.3) is 0 Å². The second-order valence-electron chi connectivity index (χ2n) is 4.19. The highest BCUT2D eigenvalue weighted by Gasteiger charge is 2.38. The number of benzene rings is 1. The molecule has 1 aromatic carbocycles. The molecule has 3 nitrogen and oxygen atoms in total. The summed E-state index contributed by atoms with van der Waals surface area (Å²) in [7, 11) is -3.69. The van der Waals surface area contributed by atoms with Gasteiger partial charge in [0.2, 0.25) is 10.0 Å². The highest BCUT2D eigenvalue weighted by atomic mass is 79.9. The summed E-state index contributed by atoms with van der Waals surface area (Å²) < 4.78 is 52.1. The minimum Gasteiger partial charge on any atom is -0.207 e. The maximum absolute atomic E-state index is 13.0. The van der Waals surface area contributed by atoms with Crippen LogP contribution in [-0.2, 0) is 10.0 Å². The predicted molar refractivity (Wildman–Crippen MR) is 67.1 cm³/mol. The molecule has 1 aromatic rings. The molecule has 0 N–H and O–H groups in total. The Kier molecular flexibility index (Phi) is 3.75. The monoisotopic (exact) mass is 339 g/mol. The smallest absolute Gasteiger partial charge is 0.207 e. The Hall–Kier alpha value is -0.530. The van der Waals surface area contributed by atoms with Gasteiger partial charge in [0.25, 0.3) is 5.92 Å². The van der Waals surface area contributed by atoms with Gasteiger partial charge < -0.3 is 0 Å². The highest BCUT2D eigenvalue weighted by Crippen LogP contribution is 2.32. The first-order chi connectivity index (χ1) is 8.33. The number of hydrogen-bond donors (Lipinski definition) is 0. The zero-order valence-corrected chi connectivity index (χ0v) is 11.8. The van der Waals surface area contributed by atoms with Crippen molar-refractivity contribution in [1.82, 2.24) is 4.31 Å². The van der Waals surface area contributed by atoms with E-state index in [1.54, 1.807) is 18.2 Å². The second kappa shape index (κ2) is 4.86. The van der Waals surface area contributed by atoms with Gasteiger partial charge >= 0.3 is 0 Å². The number of halogens is 3. The molecule has 0 amide bonds. The van der Waals surface area contributed by atoms with E-state index in [-0.39, 0.29) is 18.0 Å². The average Bonchev–Trinajstić information content (AvgIpc) is 2.28. The van der Waals surface area contributed by atoms with E-state index < -0.39 is 28.8 Å². The molecule has 0 saturated carbocycles. The van der Waals surface area contributed by atoms with Gasteiger partial charge in [-0.1, -0.05) is 12.1 Å². The molecular formula is C11H12BrF2NO2S. The Morgan fingerprint density at radius 3 is 2.28 bits per heavy atom. The fourth-order valence-electron chi connectivity index (χ4n) is 1.85. The molecule has 0 aliphatic carbocycles. The number of hydrogen-bond acceptors (Lipinski definition) is 2. The number of rotatable bonds is 2. The third-order valence-corrected chi connectivity index (χ3v) is 5.82. The van der Waals surface area contributed by atoms with Crippen LogP contribution in [0, 0.1) is 0 Å². The fraction of sp³-hybridized carbons (Fsp3) is 0.455. The molecule has 0 aromatic heterocycles. The molecule has 0 unspecified atom stereocenters. The van der Waals surface area contributed by atoms with E-state index in [0.29, 0.717) is 4.47 Å². The maximum Gasteiger partial charge on any atom is 0.250 e. The topological polar surface area (TPSA) is 37.4 Å². The van der Waals surface area contributed by atoms with Gasteiger partial charge in [-0.25, -0.2) is 17.2 Å². The Bertz CT molecular complexity index is 538. The van der Waals surface area contributed by atoms with Gasteiger partial charge in [0.05, 0.1) is 4.90 Å². The van der Waals surface area contributed by atoms with Crippen molar-refractivity contribution in [2.75, 3.05) is 13.1 Å². The molecule has 2 rings (SSSR count). The lowest BCUT2D eigenvalue weighted by Crippen LogP contribution is -2.42. The summed E-state index contributed by atoms with van der Waals surface area (Å²) in [6.45, 7) is -0.284. The van der Waals surface area contributed by atoms with Crippen LogP contribution in [0.3, 0.4) is 0 Å². The zero-order valence-electron chi connectivity index (χ0n) is 9.44. The summed E-state index contributed by atoms with van der Waals surface area (Å²) in [4.78, 5) is 0.121. The quantitative estimate of drug-likeness (QED) is 0.830. The van der Waals surface area contributed by atoms with E-state index in [2.05, 4.69) is 15.9 Å². The van der Waals surface area contributed by atoms with Gasteiger partial charge in [-0.2, -0.15) is 4.31 Å². The zero-order chi connectivity index (χ0) is 13.4. The van der Waals surface area contributed by atoms with Crippen molar-refractivity contribution >= 4 is 26.0 Å². The van der Waals surface area contributed by atoms with Crippen molar-refractivity contribution in [1.29, 1.82) is 0 Å². The van der Waals surface area contributed by atoms with Gasteiger partial charge in [0, 0.05) is 30.4 Å². The van der Waals surface area contributed by atoms with E-state index in [1.165, 1.54) is 6.07 Å². The van der Waals surface area contributed by atoms with Crippen molar-refractivity contribution in [3.8, 4) is 0 Å². The minimum atomic E-state index is -3.69. The molecule has 100 valence electrons. The molecule has 1 aliphatic heterocycles. The lowest BCUT2D eigenvalue weighted by atomic mass is 10.1. The van der Waals surface area contributed by atoms with Crippen molar-refractivity contribution in [2.24, 2.45) is 0 Å². The molecule has 0 spiro atoms. The molecule has 18 heavy (non-hydrogen) atoms. The number of alkyl halides is 2. The van der Waals surface area contributed by atoms with Crippen LogP contribution in [-0.4, -0.2) is 31.7 Å². The molecule has 1 saturated heterocycles.